The molecule has 0 radical (unpaired) electrons. The maximum absolute atomic E-state index is 11.3. The van der Waals surface area contributed by atoms with Crippen LogP contribution < -0.4 is 16.6 Å². The van der Waals surface area contributed by atoms with E-state index in [4.69, 9.17) is 5.73 Å². The van der Waals surface area contributed by atoms with Crippen molar-refractivity contribution in [1.82, 2.24) is 9.97 Å². The predicted molar refractivity (Wildman–Crippen MR) is 66.8 cm³/mol. The summed E-state index contributed by atoms with van der Waals surface area (Å²) in [7, 11) is 0. The van der Waals surface area contributed by atoms with Crippen molar-refractivity contribution >= 4 is 28.4 Å². The number of nitrogens with zero attached hydrogens (tertiary/aromatic N) is 1. The van der Waals surface area contributed by atoms with Crippen LogP contribution in [0.1, 0.15) is 12.8 Å². The molecule has 15 heavy (non-hydrogen) atoms. The van der Waals surface area contributed by atoms with Crippen molar-refractivity contribution in [3.05, 3.63) is 20.3 Å². The van der Waals surface area contributed by atoms with Crippen LogP contribution in [0.3, 0.4) is 0 Å². The molecule has 0 aromatic carbocycles. The molecule has 1 aromatic heterocycles. The number of anilines is 1. The number of nitrogens with one attached hydrogen (secondary N) is 2. The second-order valence-corrected chi connectivity index (χ2v) is 5.03. The summed E-state index contributed by atoms with van der Waals surface area (Å²) < 4.78 is 0.600. The summed E-state index contributed by atoms with van der Waals surface area (Å²) in [5.41, 5.74) is 5.81. The third-order valence-corrected chi connectivity index (χ3v) is 3.82. The van der Waals surface area contributed by atoms with Crippen LogP contribution in [0.5, 0.6) is 0 Å². The van der Waals surface area contributed by atoms with Gasteiger partial charge >= 0.3 is 0 Å². The lowest BCUT2D eigenvalue weighted by atomic mass is 10.1. The van der Waals surface area contributed by atoms with Crippen LogP contribution in [0.4, 0.5) is 5.82 Å². The second-order valence-electron chi connectivity index (χ2n) is 3.95. The predicted octanol–water partition coefficient (Wildman–Crippen LogP) is 0.525. The molecule has 6 heteroatoms. The van der Waals surface area contributed by atoms with Gasteiger partial charge in [-0.05, 0) is 47.4 Å². The van der Waals surface area contributed by atoms with Gasteiger partial charge < -0.3 is 16.0 Å². The van der Waals surface area contributed by atoms with Crippen LogP contribution in [0, 0.1) is 8.99 Å². The van der Waals surface area contributed by atoms with Crippen molar-refractivity contribution in [3.63, 3.8) is 0 Å². The number of hydrogen-bond donors (Lipinski definition) is 3. The molecule has 0 spiro atoms. The number of nitrogens with two attached hydrogens (primary N) is 1. The Kier molecular flexibility index (Phi) is 2.96. The fraction of sp³-hybridized carbons (Fsp3) is 0.556. The van der Waals surface area contributed by atoms with Gasteiger partial charge in [-0.1, -0.05) is 0 Å². The zero-order valence-corrected chi connectivity index (χ0v) is 10.4. The molecule has 4 N–H and O–H groups in total. The third-order valence-electron chi connectivity index (χ3n) is 2.82. The van der Waals surface area contributed by atoms with Crippen LogP contribution in [0.2, 0.25) is 0 Å². The molecule has 0 bridgehead atoms. The van der Waals surface area contributed by atoms with E-state index < -0.39 is 0 Å². The van der Waals surface area contributed by atoms with Crippen molar-refractivity contribution < 1.29 is 0 Å². The lowest BCUT2D eigenvalue weighted by molar-refractivity contribution is 0.554. The van der Waals surface area contributed by atoms with Crippen LogP contribution in [0.15, 0.2) is 11.1 Å². The topological polar surface area (TPSA) is 83.8 Å². The Morgan fingerprint density at radius 3 is 3.00 bits per heavy atom. The Morgan fingerprint density at radius 2 is 2.40 bits per heavy atom. The van der Waals surface area contributed by atoms with Crippen molar-refractivity contribution in [2.24, 2.45) is 11.1 Å². The average molecular weight is 320 g/mol. The normalized spacial score (nSPS) is 17.5. The van der Waals surface area contributed by atoms with E-state index in [1.807, 2.05) is 22.6 Å². The summed E-state index contributed by atoms with van der Waals surface area (Å²) in [4.78, 5) is 17.9. The Balaban J connectivity index is 2.05. The van der Waals surface area contributed by atoms with Crippen molar-refractivity contribution in [2.45, 2.75) is 12.8 Å². The Hall–Kier alpha value is -0.630. The fourth-order valence-corrected chi connectivity index (χ4v) is 1.89. The minimum Gasteiger partial charge on any atom is -0.368 e. The van der Waals surface area contributed by atoms with E-state index in [1.54, 1.807) is 0 Å². The molecule has 1 aliphatic carbocycles. The first-order valence-corrected chi connectivity index (χ1v) is 5.92. The van der Waals surface area contributed by atoms with E-state index in [1.165, 1.54) is 6.33 Å². The first-order chi connectivity index (χ1) is 7.17. The molecule has 1 heterocycles. The van der Waals surface area contributed by atoms with Gasteiger partial charge in [0.1, 0.15) is 9.39 Å². The monoisotopic (exact) mass is 320 g/mol. The maximum Gasteiger partial charge on any atom is 0.266 e. The van der Waals surface area contributed by atoms with Gasteiger partial charge in [-0.3, -0.25) is 4.79 Å². The molecule has 1 fully saturated rings. The highest BCUT2D eigenvalue weighted by atomic mass is 127. The first-order valence-electron chi connectivity index (χ1n) is 4.84. The zero-order valence-electron chi connectivity index (χ0n) is 8.22. The molecule has 82 valence electrons. The first kappa shape index (κ1) is 10.9. The van der Waals surface area contributed by atoms with E-state index in [2.05, 4.69) is 15.3 Å². The van der Waals surface area contributed by atoms with Gasteiger partial charge in [-0.25, -0.2) is 4.98 Å². The van der Waals surface area contributed by atoms with Gasteiger partial charge in [0.05, 0.1) is 6.33 Å². The zero-order chi connectivity index (χ0) is 10.9. The van der Waals surface area contributed by atoms with Gasteiger partial charge in [-0.15, -0.1) is 0 Å². The van der Waals surface area contributed by atoms with Crippen LogP contribution in [-0.2, 0) is 0 Å². The summed E-state index contributed by atoms with van der Waals surface area (Å²) >= 11 is 1.99. The maximum atomic E-state index is 11.3. The number of aromatic amines is 1. The van der Waals surface area contributed by atoms with E-state index in [0.29, 0.717) is 15.9 Å². The number of halogens is 1. The van der Waals surface area contributed by atoms with Gasteiger partial charge in [0.25, 0.3) is 5.56 Å². The van der Waals surface area contributed by atoms with Crippen molar-refractivity contribution in [2.75, 3.05) is 18.4 Å². The van der Waals surface area contributed by atoms with E-state index in [0.717, 1.165) is 19.4 Å². The number of H-pyrrole nitrogens is 1. The molecule has 0 aliphatic heterocycles. The summed E-state index contributed by atoms with van der Waals surface area (Å²) in [5, 5.41) is 3.19. The Morgan fingerprint density at radius 1 is 1.67 bits per heavy atom. The van der Waals surface area contributed by atoms with Gasteiger partial charge in [-0.2, -0.15) is 0 Å². The van der Waals surface area contributed by atoms with E-state index in [-0.39, 0.29) is 11.0 Å². The lowest BCUT2D eigenvalue weighted by Crippen LogP contribution is -2.26. The standard InChI is InChI=1S/C9H13IN4O/c10-6-7(13-5-14-8(6)15)12-4-9(3-11)1-2-9/h5H,1-4,11H2,(H2,12,13,14,15). The molecule has 5 nitrogen and oxygen atoms in total. The molecule has 2 rings (SSSR count). The highest BCUT2D eigenvalue weighted by molar-refractivity contribution is 14.1. The smallest absolute Gasteiger partial charge is 0.266 e. The second kappa shape index (κ2) is 4.09. The highest BCUT2D eigenvalue weighted by Crippen LogP contribution is 2.44. The van der Waals surface area contributed by atoms with Gasteiger partial charge in [0.15, 0.2) is 0 Å². The van der Waals surface area contributed by atoms with Crippen molar-refractivity contribution in [3.8, 4) is 0 Å². The van der Waals surface area contributed by atoms with Crippen molar-refractivity contribution in [1.29, 1.82) is 0 Å². The average Bonchev–Trinajstić information content (AvgIpc) is 3.01. The molecule has 0 unspecified atom stereocenters. The molecule has 0 amide bonds. The van der Waals surface area contributed by atoms with Crippen LogP contribution in [0.25, 0.3) is 0 Å². The molecule has 0 atom stereocenters. The lowest BCUT2D eigenvalue weighted by Gasteiger charge is -2.13. The number of rotatable bonds is 4. The largest absolute Gasteiger partial charge is 0.368 e. The summed E-state index contributed by atoms with van der Waals surface area (Å²) in [6.45, 7) is 1.50. The van der Waals surface area contributed by atoms with E-state index >= 15 is 0 Å². The fourth-order valence-electron chi connectivity index (χ4n) is 1.41. The van der Waals surface area contributed by atoms with E-state index in [9.17, 15) is 4.79 Å². The van der Waals surface area contributed by atoms with Gasteiger partial charge in [0.2, 0.25) is 0 Å². The molecule has 1 saturated carbocycles. The Bertz CT molecular complexity index is 413. The van der Waals surface area contributed by atoms with Crippen LogP contribution >= 0.6 is 22.6 Å². The molecular weight excluding hydrogens is 307 g/mol. The molecule has 1 aliphatic rings. The quantitative estimate of drug-likeness (QED) is 0.707. The highest BCUT2D eigenvalue weighted by Gasteiger charge is 2.40. The molecule has 0 saturated heterocycles. The molecular formula is C9H13IN4O. The molecule has 1 aromatic rings. The third kappa shape index (κ3) is 2.31. The number of aromatic nitrogens is 2. The minimum absolute atomic E-state index is 0.106. The number of hydrogen-bond acceptors (Lipinski definition) is 4. The summed E-state index contributed by atoms with van der Waals surface area (Å²) in [6, 6.07) is 0. The minimum atomic E-state index is -0.106. The SMILES string of the molecule is NCC1(CNc2nc[nH]c(=O)c2I)CC1. The van der Waals surface area contributed by atoms with Gasteiger partial charge in [0, 0.05) is 6.54 Å². The summed E-state index contributed by atoms with van der Waals surface area (Å²) in [6.07, 6.45) is 3.74. The Labute approximate surface area is 101 Å². The summed E-state index contributed by atoms with van der Waals surface area (Å²) in [5.74, 6) is 0.652. The van der Waals surface area contributed by atoms with Crippen LogP contribution in [-0.4, -0.2) is 23.1 Å².